The van der Waals surface area contributed by atoms with Crippen LogP contribution in [0.4, 0.5) is 5.69 Å². The second kappa shape index (κ2) is 4.20. The molecule has 0 atom stereocenters. The van der Waals surface area contributed by atoms with Crippen LogP contribution in [0.5, 0.6) is 0 Å². The van der Waals surface area contributed by atoms with Crippen molar-refractivity contribution >= 4 is 39.9 Å². The van der Waals surface area contributed by atoms with Gasteiger partial charge in [-0.3, -0.25) is 9.69 Å². The van der Waals surface area contributed by atoms with Crippen LogP contribution in [0.15, 0.2) is 24.3 Å². The van der Waals surface area contributed by atoms with E-state index in [1.807, 2.05) is 24.3 Å². The molecule has 0 unspecified atom stereocenters. The maximum atomic E-state index is 11.4. The first-order valence-electron chi connectivity index (χ1n) is 4.48. The Bertz CT molecular complexity index is 386. The molecule has 1 aromatic carbocycles. The first kappa shape index (κ1) is 10.4. The minimum atomic E-state index is 0.0850. The highest BCUT2D eigenvalue weighted by atomic mass is 32.2. The van der Waals surface area contributed by atoms with Gasteiger partial charge in [0.2, 0.25) is 5.91 Å². The van der Waals surface area contributed by atoms with Gasteiger partial charge in [-0.25, -0.2) is 0 Å². The van der Waals surface area contributed by atoms with Gasteiger partial charge in [-0.1, -0.05) is 36.1 Å². The molecule has 1 heterocycles. The molecule has 1 saturated heterocycles. The standard InChI is InChI=1S/C10H10N2OS2/c11-8-3-1-7(2-4-8)5-12-9(13)6-15-10(12)14/h1-4H,5-6,11H2. The first-order valence-corrected chi connectivity index (χ1v) is 5.88. The Hall–Kier alpha value is -1.07. The van der Waals surface area contributed by atoms with Gasteiger partial charge >= 0.3 is 0 Å². The average molecular weight is 238 g/mol. The number of hydrogen-bond donors (Lipinski definition) is 1. The highest BCUT2D eigenvalue weighted by Crippen LogP contribution is 2.21. The summed E-state index contributed by atoms with van der Waals surface area (Å²) in [5.41, 5.74) is 7.35. The van der Waals surface area contributed by atoms with E-state index >= 15 is 0 Å². The predicted molar refractivity (Wildman–Crippen MR) is 66.5 cm³/mol. The van der Waals surface area contributed by atoms with Crippen LogP contribution < -0.4 is 5.73 Å². The van der Waals surface area contributed by atoms with Gasteiger partial charge in [-0.05, 0) is 17.7 Å². The van der Waals surface area contributed by atoms with Crippen LogP contribution in [0.2, 0.25) is 0 Å². The Morgan fingerprint density at radius 2 is 2.07 bits per heavy atom. The van der Waals surface area contributed by atoms with E-state index in [1.54, 1.807) is 4.90 Å². The molecule has 0 saturated carbocycles. The quantitative estimate of drug-likeness (QED) is 0.628. The van der Waals surface area contributed by atoms with Crippen LogP contribution in [0.1, 0.15) is 5.56 Å². The Balaban J connectivity index is 2.11. The molecule has 1 aromatic rings. The number of nitrogens with two attached hydrogens (primary N) is 1. The lowest BCUT2D eigenvalue weighted by Gasteiger charge is -2.14. The van der Waals surface area contributed by atoms with E-state index in [9.17, 15) is 4.79 Å². The van der Waals surface area contributed by atoms with E-state index < -0.39 is 0 Å². The van der Waals surface area contributed by atoms with Crippen LogP contribution in [-0.4, -0.2) is 20.9 Å². The van der Waals surface area contributed by atoms with Gasteiger partial charge < -0.3 is 5.73 Å². The summed E-state index contributed by atoms with van der Waals surface area (Å²) in [7, 11) is 0. The summed E-state index contributed by atoms with van der Waals surface area (Å²) in [6, 6.07) is 7.47. The molecule has 0 radical (unpaired) electrons. The van der Waals surface area contributed by atoms with Gasteiger partial charge in [0, 0.05) is 5.69 Å². The van der Waals surface area contributed by atoms with Crippen molar-refractivity contribution in [3.05, 3.63) is 29.8 Å². The number of amides is 1. The van der Waals surface area contributed by atoms with Crippen LogP contribution in [0.25, 0.3) is 0 Å². The van der Waals surface area contributed by atoms with E-state index in [-0.39, 0.29) is 5.91 Å². The molecule has 1 aliphatic rings. The lowest BCUT2D eigenvalue weighted by Crippen LogP contribution is -2.27. The molecular formula is C10H10N2OS2. The van der Waals surface area contributed by atoms with Crippen molar-refractivity contribution in [2.24, 2.45) is 0 Å². The van der Waals surface area contributed by atoms with Gasteiger partial charge in [0.15, 0.2) is 0 Å². The largest absolute Gasteiger partial charge is 0.399 e. The first-order chi connectivity index (χ1) is 7.16. The molecule has 0 spiro atoms. The second-order valence-corrected chi connectivity index (χ2v) is 4.89. The Labute approximate surface area is 97.6 Å². The van der Waals surface area contributed by atoms with E-state index in [4.69, 9.17) is 18.0 Å². The number of thiocarbonyl (C=S) groups is 1. The van der Waals surface area contributed by atoms with Crippen molar-refractivity contribution in [2.75, 3.05) is 11.5 Å². The summed E-state index contributed by atoms with van der Waals surface area (Å²) >= 11 is 6.50. The molecule has 15 heavy (non-hydrogen) atoms. The number of anilines is 1. The number of hydrogen-bond acceptors (Lipinski definition) is 4. The molecule has 2 N–H and O–H groups in total. The van der Waals surface area contributed by atoms with Gasteiger partial charge in [0.25, 0.3) is 0 Å². The number of carbonyl (C=O) groups excluding carboxylic acids is 1. The number of thioether (sulfide) groups is 1. The summed E-state index contributed by atoms with van der Waals surface area (Å²) in [5.74, 6) is 0.551. The Kier molecular flexibility index (Phi) is 2.93. The molecule has 3 nitrogen and oxygen atoms in total. The van der Waals surface area contributed by atoms with E-state index in [1.165, 1.54) is 11.8 Å². The lowest BCUT2D eigenvalue weighted by atomic mass is 10.2. The molecule has 0 aliphatic carbocycles. The topological polar surface area (TPSA) is 46.3 Å². The molecule has 0 aromatic heterocycles. The fourth-order valence-corrected chi connectivity index (χ4v) is 2.41. The van der Waals surface area contributed by atoms with Gasteiger partial charge in [-0.15, -0.1) is 0 Å². The van der Waals surface area contributed by atoms with E-state index in [0.29, 0.717) is 16.6 Å². The molecule has 1 fully saturated rings. The number of nitrogen functional groups attached to an aromatic ring is 1. The highest BCUT2D eigenvalue weighted by Gasteiger charge is 2.26. The highest BCUT2D eigenvalue weighted by molar-refractivity contribution is 8.23. The minimum absolute atomic E-state index is 0.0850. The normalized spacial score (nSPS) is 16.1. The fraction of sp³-hybridized carbons (Fsp3) is 0.200. The summed E-state index contributed by atoms with van der Waals surface area (Å²) in [5, 5.41) is 0. The molecule has 1 amide bonds. The monoisotopic (exact) mass is 238 g/mol. The van der Waals surface area contributed by atoms with Gasteiger partial charge in [0.05, 0.1) is 12.3 Å². The number of carbonyl (C=O) groups is 1. The predicted octanol–water partition coefficient (Wildman–Crippen LogP) is 1.63. The van der Waals surface area contributed by atoms with Crippen LogP contribution in [0, 0.1) is 0 Å². The third-order valence-corrected chi connectivity index (χ3v) is 3.59. The van der Waals surface area contributed by atoms with Gasteiger partial charge in [-0.2, -0.15) is 0 Å². The molecule has 1 aliphatic heterocycles. The second-order valence-electron chi connectivity index (χ2n) is 3.28. The average Bonchev–Trinajstić information content (AvgIpc) is 2.53. The molecular weight excluding hydrogens is 228 g/mol. The summed E-state index contributed by atoms with van der Waals surface area (Å²) < 4.78 is 0.664. The molecule has 2 rings (SSSR count). The fourth-order valence-electron chi connectivity index (χ4n) is 1.34. The van der Waals surface area contributed by atoms with E-state index in [2.05, 4.69) is 0 Å². The van der Waals surface area contributed by atoms with E-state index in [0.717, 1.165) is 11.3 Å². The summed E-state index contributed by atoms with van der Waals surface area (Å²) in [4.78, 5) is 13.1. The van der Waals surface area contributed by atoms with Crippen LogP contribution in [0.3, 0.4) is 0 Å². The van der Waals surface area contributed by atoms with Crippen LogP contribution >= 0.6 is 24.0 Å². The van der Waals surface area contributed by atoms with Crippen molar-refractivity contribution in [3.63, 3.8) is 0 Å². The molecule has 0 bridgehead atoms. The summed E-state index contributed by atoms with van der Waals surface area (Å²) in [6.45, 7) is 0.547. The number of rotatable bonds is 2. The van der Waals surface area contributed by atoms with Crippen LogP contribution in [-0.2, 0) is 11.3 Å². The Morgan fingerprint density at radius 3 is 2.60 bits per heavy atom. The van der Waals surface area contributed by atoms with Gasteiger partial charge in [0.1, 0.15) is 4.32 Å². The van der Waals surface area contributed by atoms with Crippen molar-refractivity contribution in [1.29, 1.82) is 0 Å². The van der Waals surface area contributed by atoms with Crippen molar-refractivity contribution in [2.45, 2.75) is 6.54 Å². The molecule has 78 valence electrons. The summed E-state index contributed by atoms with van der Waals surface area (Å²) in [6.07, 6.45) is 0. The molecule has 5 heteroatoms. The van der Waals surface area contributed by atoms with Crippen molar-refractivity contribution in [3.8, 4) is 0 Å². The number of nitrogens with zero attached hydrogens (tertiary/aromatic N) is 1. The third-order valence-electron chi connectivity index (χ3n) is 2.16. The zero-order valence-corrected chi connectivity index (χ0v) is 9.61. The maximum absolute atomic E-state index is 11.4. The SMILES string of the molecule is Nc1ccc(CN2C(=O)CSC2=S)cc1. The Morgan fingerprint density at radius 1 is 1.40 bits per heavy atom. The smallest absolute Gasteiger partial charge is 0.238 e. The van der Waals surface area contributed by atoms with Crippen molar-refractivity contribution in [1.82, 2.24) is 4.90 Å². The number of benzene rings is 1. The van der Waals surface area contributed by atoms with Crippen molar-refractivity contribution < 1.29 is 4.79 Å². The zero-order chi connectivity index (χ0) is 10.8. The lowest BCUT2D eigenvalue weighted by molar-refractivity contribution is -0.124. The zero-order valence-electron chi connectivity index (χ0n) is 7.97. The minimum Gasteiger partial charge on any atom is -0.399 e. The maximum Gasteiger partial charge on any atom is 0.238 e. The third kappa shape index (κ3) is 2.30.